The Hall–Kier alpha value is -4.07. The summed E-state index contributed by atoms with van der Waals surface area (Å²) < 4.78 is 5.62. The van der Waals surface area contributed by atoms with Crippen LogP contribution in [-0.2, 0) is 11.2 Å². The monoisotopic (exact) mass is 468 g/mol. The molecule has 4 aromatic rings. The first-order valence-corrected chi connectivity index (χ1v) is 12.0. The number of carbonyl (C=O) groups excluding carboxylic acids is 1. The third kappa shape index (κ3) is 5.37. The maximum absolute atomic E-state index is 12.7. The van der Waals surface area contributed by atoms with Crippen LogP contribution >= 0.6 is 0 Å². The fraction of sp³-hybridized carbons (Fsp3) is 0.296. The van der Waals surface area contributed by atoms with Gasteiger partial charge in [-0.25, -0.2) is 4.98 Å². The molecule has 5 rings (SSSR count). The highest BCUT2D eigenvalue weighted by molar-refractivity contribution is 5.79. The second kappa shape index (κ2) is 10.5. The van der Waals surface area contributed by atoms with Crippen molar-refractivity contribution in [3.63, 3.8) is 0 Å². The number of nitrogens with zero attached hydrogens (tertiary/aromatic N) is 5. The van der Waals surface area contributed by atoms with E-state index in [2.05, 4.69) is 30.3 Å². The Kier molecular flexibility index (Phi) is 6.79. The summed E-state index contributed by atoms with van der Waals surface area (Å²) >= 11 is 0. The standard InChI is InChI=1S/C27H28N6O2/c1-19-6-4-7-21(18-19)24-31-27(35-32-24)23-9-5-14-29-25(23)33-16-11-20(12-17-33)26(34)30-15-10-22-8-2-3-13-28-22/h2-9,13-14,18,20H,10-12,15-17H2,1H3,(H,30,34). The van der Waals surface area contributed by atoms with Crippen molar-refractivity contribution in [3.8, 4) is 22.8 Å². The van der Waals surface area contributed by atoms with Crippen molar-refractivity contribution < 1.29 is 9.32 Å². The van der Waals surface area contributed by atoms with Gasteiger partial charge in [0.05, 0.1) is 5.56 Å². The summed E-state index contributed by atoms with van der Waals surface area (Å²) in [5.41, 5.74) is 3.84. The Morgan fingerprint density at radius 1 is 1.06 bits per heavy atom. The van der Waals surface area contributed by atoms with Gasteiger partial charge in [-0.3, -0.25) is 9.78 Å². The van der Waals surface area contributed by atoms with Crippen LogP contribution in [0.1, 0.15) is 24.1 Å². The van der Waals surface area contributed by atoms with Crippen LogP contribution in [-0.4, -0.2) is 45.7 Å². The molecule has 0 aliphatic carbocycles. The topological polar surface area (TPSA) is 97.0 Å². The molecule has 1 fully saturated rings. The summed E-state index contributed by atoms with van der Waals surface area (Å²) in [6, 6.07) is 17.7. The Labute approximate surface area is 204 Å². The van der Waals surface area contributed by atoms with Crippen molar-refractivity contribution in [1.29, 1.82) is 0 Å². The highest BCUT2D eigenvalue weighted by atomic mass is 16.5. The molecule has 0 saturated carbocycles. The highest BCUT2D eigenvalue weighted by Gasteiger charge is 2.27. The van der Waals surface area contributed by atoms with Gasteiger partial charge in [0.1, 0.15) is 5.82 Å². The Bertz CT molecular complexity index is 1280. The number of aromatic nitrogens is 4. The average molecular weight is 469 g/mol. The summed E-state index contributed by atoms with van der Waals surface area (Å²) in [7, 11) is 0. The Balaban J connectivity index is 1.21. The zero-order chi connectivity index (χ0) is 24.0. The van der Waals surface area contributed by atoms with Crippen LogP contribution in [0.3, 0.4) is 0 Å². The number of nitrogens with one attached hydrogen (secondary N) is 1. The molecule has 3 aromatic heterocycles. The molecule has 4 heterocycles. The van der Waals surface area contributed by atoms with E-state index in [4.69, 9.17) is 4.52 Å². The van der Waals surface area contributed by atoms with E-state index in [9.17, 15) is 4.79 Å². The number of aryl methyl sites for hydroxylation is 1. The second-order valence-corrected chi connectivity index (χ2v) is 8.79. The first-order valence-electron chi connectivity index (χ1n) is 12.0. The number of pyridine rings is 2. The van der Waals surface area contributed by atoms with E-state index in [-0.39, 0.29) is 11.8 Å². The fourth-order valence-corrected chi connectivity index (χ4v) is 4.41. The molecule has 8 nitrogen and oxygen atoms in total. The lowest BCUT2D eigenvalue weighted by atomic mass is 9.95. The van der Waals surface area contributed by atoms with Gasteiger partial charge in [0.15, 0.2) is 0 Å². The molecule has 1 N–H and O–H groups in total. The van der Waals surface area contributed by atoms with Gasteiger partial charge in [0.25, 0.3) is 5.89 Å². The molecule has 1 amide bonds. The highest BCUT2D eigenvalue weighted by Crippen LogP contribution is 2.32. The largest absolute Gasteiger partial charge is 0.356 e. The maximum Gasteiger partial charge on any atom is 0.261 e. The first-order chi connectivity index (χ1) is 17.2. The minimum absolute atomic E-state index is 0.00141. The van der Waals surface area contributed by atoms with Crippen molar-refractivity contribution in [2.75, 3.05) is 24.5 Å². The van der Waals surface area contributed by atoms with Crippen molar-refractivity contribution in [2.45, 2.75) is 26.2 Å². The molecule has 0 spiro atoms. The van der Waals surface area contributed by atoms with Crippen molar-refractivity contribution in [1.82, 2.24) is 25.4 Å². The number of hydrogen-bond donors (Lipinski definition) is 1. The lowest BCUT2D eigenvalue weighted by molar-refractivity contribution is -0.125. The predicted octanol–water partition coefficient (Wildman–Crippen LogP) is 4.08. The van der Waals surface area contributed by atoms with Gasteiger partial charge in [0, 0.05) is 55.6 Å². The van der Waals surface area contributed by atoms with Crippen LogP contribution < -0.4 is 10.2 Å². The fourth-order valence-electron chi connectivity index (χ4n) is 4.41. The lowest BCUT2D eigenvalue weighted by Crippen LogP contribution is -2.41. The van der Waals surface area contributed by atoms with E-state index in [0.717, 1.165) is 60.6 Å². The molecule has 0 atom stereocenters. The van der Waals surface area contributed by atoms with Crippen LogP contribution in [0.25, 0.3) is 22.8 Å². The summed E-state index contributed by atoms with van der Waals surface area (Å²) in [5, 5.41) is 7.25. The molecule has 1 saturated heterocycles. The number of anilines is 1. The van der Waals surface area contributed by atoms with E-state index in [1.807, 2.05) is 61.5 Å². The third-order valence-corrected chi connectivity index (χ3v) is 6.29. The van der Waals surface area contributed by atoms with E-state index >= 15 is 0 Å². The molecule has 0 radical (unpaired) electrons. The second-order valence-electron chi connectivity index (χ2n) is 8.79. The first kappa shape index (κ1) is 22.7. The van der Waals surface area contributed by atoms with Gasteiger partial charge >= 0.3 is 0 Å². The van der Waals surface area contributed by atoms with Gasteiger partial charge < -0.3 is 14.7 Å². The van der Waals surface area contributed by atoms with Crippen molar-refractivity contribution in [2.24, 2.45) is 5.92 Å². The summed E-state index contributed by atoms with van der Waals surface area (Å²) in [5.74, 6) is 1.92. The molecule has 0 unspecified atom stereocenters. The zero-order valence-electron chi connectivity index (χ0n) is 19.7. The van der Waals surface area contributed by atoms with Gasteiger partial charge in [-0.1, -0.05) is 35.0 Å². The van der Waals surface area contributed by atoms with Gasteiger partial charge in [0.2, 0.25) is 11.7 Å². The normalized spacial score (nSPS) is 14.1. The van der Waals surface area contributed by atoms with Crippen LogP contribution in [0.4, 0.5) is 5.82 Å². The predicted molar refractivity (Wildman–Crippen MR) is 134 cm³/mol. The SMILES string of the molecule is Cc1cccc(-c2noc(-c3cccnc3N3CCC(C(=O)NCCc4ccccn4)CC3)n2)c1. The zero-order valence-corrected chi connectivity index (χ0v) is 19.7. The number of benzene rings is 1. The maximum atomic E-state index is 12.7. The summed E-state index contributed by atoms with van der Waals surface area (Å²) in [6.45, 7) is 4.11. The minimum Gasteiger partial charge on any atom is -0.356 e. The van der Waals surface area contributed by atoms with Crippen LogP contribution in [0.5, 0.6) is 0 Å². The Morgan fingerprint density at radius 2 is 1.91 bits per heavy atom. The lowest BCUT2D eigenvalue weighted by Gasteiger charge is -2.32. The van der Waals surface area contributed by atoms with E-state index < -0.39 is 0 Å². The summed E-state index contributed by atoms with van der Waals surface area (Å²) in [4.78, 5) is 28.4. The van der Waals surface area contributed by atoms with Crippen molar-refractivity contribution in [3.05, 3.63) is 78.2 Å². The van der Waals surface area contributed by atoms with Crippen molar-refractivity contribution >= 4 is 11.7 Å². The van der Waals surface area contributed by atoms with E-state index in [1.165, 1.54) is 0 Å². The van der Waals surface area contributed by atoms with Gasteiger partial charge in [-0.15, -0.1) is 0 Å². The average Bonchev–Trinajstić information content (AvgIpc) is 3.40. The number of carbonyl (C=O) groups is 1. The molecule has 178 valence electrons. The number of amides is 1. The molecule has 1 aromatic carbocycles. The van der Waals surface area contributed by atoms with Gasteiger partial charge in [-0.2, -0.15) is 4.98 Å². The number of piperidine rings is 1. The molecule has 35 heavy (non-hydrogen) atoms. The van der Waals surface area contributed by atoms with Gasteiger partial charge in [-0.05, 0) is 50.1 Å². The third-order valence-electron chi connectivity index (χ3n) is 6.29. The van der Waals surface area contributed by atoms with Crippen LogP contribution in [0.15, 0.2) is 71.5 Å². The molecule has 1 aliphatic rings. The minimum atomic E-state index is -0.00141. The molecular formula is C27H28N6O2. The summed E-state index contributed by atoms with van der Waals surface area (Å²) in [6.07, 6.45) is 5.81. The molecule has 0 bridgehead atoms. The Morgan fingerprint density at radius 3 is 2.71 bits per heavy atom. The molecule has 1 aliphatic heterocycles. The molecular weight excluding hydrogens is 440 g/mol. The smallest absolute Gasteiger partial charge is 0.261 e. The quantitative estimate of drug-likeness (QED) is 0.436. The van der Waals surface area contributed by atoms with Crippen LogP contribution in [0, 0.1) is 12.8 Å². The molecule has 8 heteroatoms. The number of hydrogen-bond acceptors (Lipinski definition) is 7. The van der Waals surface area contributed by atoms with Crippen LogP contribution in [0.2, 0.25) is 0 Å². The van der Waals surface area contributed by atoms with E-state index in [0.29, 0.717) is 18.3 Å². The number of rotatable bonds is 7. The van der Waals surface area contributed by atoms with E-state index in [1.54, 1.807) is 12.4 Å².